The van der Waals surface area contributed by atoms with Gasteiger partial charge in [-0.3, -0.25) is 4.79 Å². The summed E-state index contributed by atoms with van der Waals surface area (Å²) in [4.78, 5) is 11.9. The van der Waals surface area contributed by atoms with Crippen LogP contribution in [0.3, 0.4) is 0 Å². The fourth-order valence-corrected chi connectivity index (χ4v) is 1.93. The Bertz CT molecular complexity index is 584. The van der Waals surface area contributed by atoms with Gasteiger partial charge in [-0.2, -0.15) is 0 Å². The van der Waals surface area contributed by atoms with Crippen molar-refractivity contribution in [2.24, 2.45) is 0 Å². The summed E-state index contributed by atoms with van der Waals surface area (Å²) in [6, 6.07) is 11.9. The first-order valence-corrected chi connectivity index (χ1v) is 6.63. The van der Waals surface area contributed by atoms with E-state index in [-0.39, 0.29) is 5.91 Å². The molecule has 0 radical (unpaired) electrons. The fourth-order valence-electron chi connectivity index (χ4n) is 1.38. The van der Waals surface area contributed by atoms with Crippen LogP contribution in [0, 0.1) is 0 Å². The number of rotatable bonds is 2. The smallest absolute Gasteiger partial charge is 0.255 e. The van der Waals surface area contributed by atoms with E-state index >= 15 is 0 Å². The standard InChI is InChI=1S/C13H8BrCl2NO/c14-11-6-5-10(7-12(11)16)17-13(18)8-1-3-9(15)4-2-8/h1-7H,(H,17,18). The summed E-state index contributed by atoms with van der Waals surface area (Å²) in [6.07, 6.45) is 0. The van der Waals surface area contributed by atoms with Gasteiger partial charge in [0.05, 0.1) is 5.02 Å². The summed E-state index contributed by atoms with van der Waals surface area (Å²) in [6.45, 7) is 0. The Morgan fingerprint density at radius 1 is 1.06 bits per heavy atom. The molecule has 0 unspecified atom stereocenters. The van der Waals surface area contributed by atoms with E-state index in [1.54, 1.807) is 42.5 Å². The van der Waals surface area contributed by atoms with Gasteiger partial charge in [-0.05, 0) is 58.4 Å². The van der Waals surface area contributed by atoms with Crippen LogP contribution < -0.4 is 5.32 Å². The van der Waals surface area contributed by atoms with Gasteiger partial charge in [0.15, 0.2) is 0 Å². The first kappa shape index (κ1) is 13.4. The van der Waals surface area contributed by atoms with Crippen LogP contribution in [-0.2, 0) is 0 Å². The number of hydrogen-bond acceptors (Lipinski definition) is 1. The molecule has 0 atom stereocenters. The molecule has 2 rings (SSSR count). The maximum Gasteiger partial charge on any atom is 0.255 e. The Hall–Kier alpha value is -1.03. The van der Waals surface area contributed by atoms with E-state index in [4.69, 9.17) is 23.2 Å². The molecule has 1 amide bonds. The molecule has 5 heteroatoms. The minimum atomic E-state index is -0.204. The predicted molar refractivity (Wildman–Crippen MR) is 78.6 cm³/mol. The van der Waals surface area contributed by atoms with E-state index in [0.29, 0.717) is 21.3 Å². The quantitative estimate of drug-likeness (QED) is 0.815. The third-order valence-corrected chi connectivity index (χ3v) is 3.77. The normalized spacial score (nSPS) is 10.2. The van der Waals surface area contributed by atoms with Gasteiger partial charge in [0, 0.05) is 20.7 Å². The van der Waals surface area contributed by atoms with Crippen LogP contribution in [0.2, 0.25) is 10.0 Å². The zero-order chi connectivity index (χ0) is 13.1. The number of amides is 1. The van der Waals surface area contributed by atoms with Gasteiger partial charge in [-0.1, -0.05) is 23.2 Å². The minimum absolute atomic E-state index is 0.204. The largest absolute Gasteiger partial charge is 0.322 e. The number of carbonyl (C=O) groups excluding carboxylic acids is 1. The molecule has 0 bridgehead atoms. The Morgan fingerprint density at radius 2 is 1.72 bits per heavy atom. The van der Waals surface area contributed by atoms with Gasteiger partial charge in [0.25, 0.3) is 5.91 Å². The number of hydrogen-bond donors (Lipinski definition) is 1. The molecular formula is C13H8BrCl2NO. The van der Waals surface area contributed by atoms with Crippen molar-refractivity contribution in [3.63, 3.8) is 0 Å². The zero-order valence-electron chi connectivity index (χ0n) is 9.08. The second kappa shape index (κ2) is 5.74. The molecule has 0 fully saturated rings. The van der Waals surface area contributed by atoms with Crippen molar-refractivity contribution in [3.05, 3.63) is 62.5 Å². The number of carbonyl (C=O) groups is 1. The zero-order valence-corrected chi connectivity index (χ0v) is 12.2. The molecule has 0 aromatic heterocycles. The first-order chi connectivity index (χ1) is 8.56. The van der Waals surface area contributed by atoms with Crippen LogP contribution in [0.15, 0.2) is 46.9 Å². The average Bonchev–Trinajstić information content (AvgIpc) is 2.34. The van der Waals surface area contributed by atoms with Crippen molar-refractivity contribution in [2.75, 3.05) is 5.32 Å². The summed E-state index contributed by atoms with van der Waals surface area (Å²) in [5, 5.41) is 3.90. The molecule has 2 aromatic rings. The second-order valence-corrected chi connectivity index (χ2v) is 5.29. The number of halogens is 3. The van der Waals surface area contributed by atoms with Crippen LogP contribution in [0.4, 0.5) is 5.69 Å². The highest BCUT2D eigenvalue weighted by molar-refractivity contribution is 9.10. The monoisotopic (exact) mass is 343 g/mol. The summed E-state index contributed by atoms with van der Waals surface area (Å²) >= 11 is 15.0. The SMILES string of the molecule is O=C(Nc1ccc(Br)c(Cl)c1)c1ccc(Cl)cc1. The summed E-state index contributed by atoms with van der Waals surface area (Å²) in [5.41, 5.74) is 1.18. The van der Waals surface area contributed by atoms with E-state index in [9.17, 15) is 4.79 Å². The molecule has 2 aromatic carbocycles. The van der Waals surface area contributed by atoms with E-state index in [1.807, 2.05) is 0 Å². The highest BCUT2D eigenvalue weighted by atomic mass is 79.9. The summed E-state index contributed by atoms with van der Waals surface area (Å²) in [7, 11) is 0. The van der Waals surface area contributed by atoms with Crippen LogP contribution in [0.1, 0.15) is 10.4 Å². The van der Waals surface area contributed by atoms with Gasteiger partial charge in [0.2, 0.25) is 0 Å². The Labute approximate surface area is 123 Å². The molecule has 2 nitrogen and oxygen atoms in total. The second-order valence-electron chi connectivity index (χ2n) is 3.59. The van der Waals surface area contributed by atoms with Crippen LogP contribution in [0.25, 0.3) is 0 Å². The number of nitrogens with one attached hydrogen (secondary N) is 1. The maximum atomic E-state index is 11.9. The van der Waals surface area contributed by atoms with Crippen molar-refractivity contribution in [2.45, 2.75) is 0 Å². The summed E-state index contributed by atoms with van der Waals surface area (Å²) in [5.74, 6) is -0.204. The maximum absolute atomic E-state index is 11.9. The molecule has 0 saturated heterocycles. The Balaban J connectivity index is 2.16. The van der Waals surface area contributed by atoms with Crippen molar-refractivity contribution in [1.82, 2.24) is 0 Å². The highest BCUT2D eigenvalue weighted by Crippen LogP contribution is 2.25. The third-order valence-electron chi connectivity index (χ3n) is 2.28. The lowest BCUT2D eigenvalue weighted by atomic mass is 10.2. The lowest BCUT2D eigenvalue weighted by molar-refractivity contribution is 0.102. The van der Waals surface area contributed by atoms with Crippen molar-refractivity contribution in [1.29, 1.82) is 0 Å². The molecule has 0 saturated carbocycles. The third kappa shape index (κ3) is 3.25. The molecule has 0 heterocycles. The molecule has 18 heavy (non-hydrogen) atoms. The molecule has 0 aliphatic rings. The van der Waals surface area contributed by atoms with Gasteiger partial charge in [0.1, 0.15) is 0 Å². The van der Waals surface area contributed by atoms with E-state index in [2.05, 4.69) is 21.2 Å². The number of anilines is 1. The molecule has 0 aliphatic carbocycles. The van der Waals surface area contributed by atoms with Gasteiger partial charge < -0.3 is 5.32 Å². The molecule has 1 N–H and O–H groups in total. The number of benzene rings is 2. The highest BCUT2D eigenvalue weighted by Gasteiger charge is 2.06. The topological polar surface area (TPSA) is 29.1 Å². The molecule has 92 valence electrons. The van der Waals surface area contributed by atoms with Crippen molar-refractivity contribution in [3.8, 4) is 0 Å². The molecule has 0 aliphatic heterocycles. The fraction of sp³-hybridized carbons (Fsp3) is 0. The van der Waals surface area contributed by atoms with E-state index < -0.39 is 0 Å². The van der Waals surface area contributed by atoms with E-state index in [0.717, 1.165) is 4.47 Å². The minimum Gasteiger partial charge on any atom is -0.322 e. The van der Waals surface area contributed by atoms with Crippen molar-refractivity contribution < 1.29 is 4.79 Å². The molecular weight excluding hydrogens is 337 g/mol. The lowest BCUT2D eigenvalue weighted by Crippen LogP contribution is -2.11. The van der Waals surface area contributed by atoms with Gasteiger partial charge in [-0.25, -0.2) is 0 Å². The van der Waals surface area contributed by atoms with Crippen LogP contribution >= 0.6 is 39.1 Å². The average molecular weight is 345 g/mol. The van der Waals surface area contributed by atoms with Crippen LogP contribution in [-0.4, -0.2) is 5.91 Å². The lowest BCUT2D eigenvalue weighted by Gasteiger charge is -2.06. The molecule has 0 spiro atoms. The van der Waals surface area contributed by atoms with E-state index in [1.165, 1.54) is 0 Å². The summed E-state index contributed by atoms with van der Waals surface area (Å²) < 4.78 is 0.786. The Morgan fingerprint density at radius 3 is 2.33 bits per heavy atom. The Kier molecular flexibility index (Phi) is 4.27. The van der Waals surface area contributed by atoms with Gasteiger partial charge >= 0.3 is 0 Å². The van der Waals surface area contributed by atoms with Crippen molar-refractivity contribution >= 4 is 50.7 Å². The van der Waals surface area contributed by atoms with Crippen LogP contribution in [0.5, 0.6) is 0 Å². The first-order valence-electron chi connectivity index (χ1n) is 5.08. The predicted octanol–water partition coefficient (Wildman–Crippen LogP) is 5.01. The van der Waals surface area contributed by atoms with Gasteiger partial charge in [-0.15, -0.1) is 0 Å².